The molecular formula is C45H36FN3O+2. The van der Waals surface area contributed by atoms with Crippen molar-refractivity contribution >= 4 is 27.6 Å². The van der Waals surface area contributed by atoms with Crippen LogP contribution in [0.2, 0.25) is 0 Å². The molecule has 5 heteroatoms. The topological polar surface area (TPSA) is 44.7 Å². The number of hydrogen-bond donors (Lipinski definition) is 0. The molecule has 0 saturated carbocycles. The van der Waals surface area contributed by atoms with Gasteiger partial charge in [-0.2, -0.15) is 14.4 Å². The van der Waals surface area contributed by atoms with Crippen molar-refractivity contribution in [2.75, 3.05) is 0 Å². The molecule has 9 rings (SSSR count). The van der Waals surface area contributed by atoms with Crippen molar-refractivity contribution in [2.24, 2.45) is 0 Å². The average molecular weight is 654 g/mol. The summed E-state index contributed by atoms with van der Waals surface area (Å²) in [6, 6.07) is 36.5. The lowest BCUT2D eigenvalue weighted by Gasteiger charge is -2.30. The Morgan fingerprint density at radius 2 is 1.56 bits per heavy atom. The third-order valence-electron chi connectivity index (χ3n) is 10.8. The third kappa shape index (κ3) is 4.48. The van der Waals surface area contributed by atoms with Crippen LogP contribution in [0.15, 0.2) is 127 Å². The van der Waals surface area contributed by atoms with Gasteiger partial charge in [-0.05, 0) is 84.0 Å². The molecule has 0 bridgehead atoms. The maximum Gasteiger partial charge on any atom is 0.249 e. The largest absolute Gasteiger partial charge is 0.454 e. The van der Waals surface area contributed by atoms with E-state index in [1.54, 1.807) is 24.3 Å². The Morgan fingerprint density at radius 1 is 0.820 bits per heavy atom. The van der Waals surface area contributed by atoms with Crippen molar-refractivity contribution in [3.8, 4) is 39.7 Å². The molecule has 2 unspecified atom stereocenters. The lowest BCUT2D eigenvalue weighted by Crippen LogP contribution is -2.53. The second kappa shape index (κ2) is 11.1. The second-order valence-electron chi connectivity index (χ2n) is 14.7. The number of benzene rings is 4. The van der Waals surface area contributed by atoms with Crippen LogP contribution in [0, 0.1) is 17.1 Å². The molecule has 7 aromatic rings. The molecular weight excluding hydrogens is 618 g/mol. The van der Waals surface area contributed by atoms with E-state index in [1.165, 1.54) is 34.0 Å². The Balaban J connectivity index is 1.30. The summed E-state index contributed by atoms with van der Waals surface area (Å²) in [6.45, 7) is 11.7. The number of hydrogen-bond acceptors (Lipinski definition) is 2. The number of nitrogens with zero attached hydrogens (tertiary/aromatic N) is 3. The van der Waals surface area contributed by atoms with E-state index in [0.29, 0.717) is 22.3 Å². The fourth-order valence-corrected chi connectivity index (χ4v) is 8.28. The van der Waals surface area contributed by atoms with Crippen LogP contribution in [-0.2, 0) is 11.8 Å². The molecule has 2 aliphatic rings. The smallest absolute Gasteiger partial charge is 0.249 e. The van der Waals surface area contributed by atoms with E-state index in [4.69, 9.17) is 11.0 Å². The molecule has 50 heavy (non-hydrogen) atoms. The number of rotatable bonds is 1. The number of furan rings is 1. The molecule has 4 aromatic carbocycles. The van der Waals surface area contributed by atoms with Crippen LogP contribution in [0.4, 0.5) is 4.39 Å². The number of fused-ring (bicyclic) bond motifs is 13. The fraction of sp³-hybridized carbons (Fsp3) is 0.178. The minimum atomic E-state index is -0.364. The zero-order valence-corrected chi connectivity index (χ0v) is 28.4. The Hall–Kier alpha value is -5.86. The Bertz CT molecular complexity index is 2580. The quantitative estimate of drug-likeness (QED) is 0.166. The van der Waals surface area contributed by atoms with E-state index in [2.05, 4.69) is 115 Å². The average Bonchev–Trinajstić information content (AvgIpc) is 3.52. The van der Waals surface area contributed by atoms with Crippen LogP contribution in [-0.4, -0.2) is 0 Å². The SMILES string of the molecule is C=C1C2C(CCc3ccc4c(oc5c(-c6ccc(C#N)cc6)c(F)ccc54)c3-c3cccc[n+]31)c1ccccc1-c1ccc(C(C)(C)C)c[n+]12. The molecule has 3 aromatic heterocycles. The minimum Gasteiger partial charge on any atom is -0.454 e. The first-order valence-electron chi connectivity index (χ1n) is 17.3. The van der Waals surface area contributed by atoms with Crippen molar-refractivity contribution in [1.82, 2.24) is 0 Å². The summed E-state index contributed by atoms with van der Waals surface area (Å²) in [5.41, 5.74) is 12.1. The van der Waals surface area contributed by atoms with E-state index in [1.807, 2.05) is 6.07 Å². The van der Waals surface area contributed by atoms with Gasteiger partial charge in [0.15, 0.2) is 12.4 Å². The van der Waals surface area contributed by atoms with Crippen molar-refractivity contribution in [3.63, 3.8) is 0 Å². The van der Waals surface area contributed by atoms with Crippen molar-refractivity contribution < 1.29 is 17.9 Å². The molecule has 0 spiro atoms. The highest BCUT2D eigenvalue weighted by Gasteiger charge is 2.47. The Labute approximate surface area is 291 Å². The molecule has 2 atom stereocenters. The summed E-state index contributed by atoms with van der Waals surface area (Å²) >= 11 is 0. The van der Waals surface area contributed by atoms with E-state index < -0.39 is 0 Å². The zero-order valence-electron chi connectivity index (χ0n) is 28.4. The number of aryl methyl sites for hydroxylation is 1. The highest BCUT2D eigenvalue weighted by Crippen LogP contribution is 2.47. The van der Waals surface area contributed by atoms with Crippen LogP contribution in [0.5, 0.6) is 0 Å². The van der Waals surface area contributed by atoms with Crippen LogP contribution in [0.1, 0.15) is 61.4 Å². The van der Waals surface area contributed by atoms with Gasteiger partial charge in [-0.3, -0.25) is 0 Å². The molecule has 5 heterocycles. The number of aromatic nitrogens is 2. The lowest BCUT2D eigenvalue weighted by atomic mass is 9.78. The van der Waals surface area contributed by atoms with Gasteiger partial charge >= 0.3 is 0 Å². The molecule has 0 amide bonds. The van der Waals surface area contributed by atoms with Crippen molar-refractivity contribution in [3.05, 3.63) is 150 Å². The molecule has 4 nitrogen and oxygen atoms in total. The van der Waals surface area contributed by atoms with E-state index in [-0.39, 0.29) is 23.2 Å². The highest BCUT2D eigenvalue weighted by molar-refractivity contribution is 6.13. The van der Waals surface area contributed by atoms with Gasteiger partial charge in [0.25, 0.3) is 0 Å². The first kappa shape index (κ1) is 30.2. The first-order chi connectivity index (χ1) is 24.2. The molecule has 0 N–H and O–H groups in total. The molecule has 0 radical (unpaired) electrons. The molecule has 0 fully saturated rings. The number of halogens is 1. The summed E-state index contributed by atoms with van der Waals surface area (Å²) in [7, 11) is 0. The summed E-state index contributed by atoms with van der Waals surface area (Å²) < 4.78 is 27.2. The van der Waals surface area contributed by atoms with Gasteiger partial charge in [0.1, 0.15) is 17.0 Å². The minimum absolute atomic E-state index is 0.0153. The summed E-state index contributed by atoms with van der Waals surface area (Å²) in [4.78, 5) is 0. The second-order valence-corrected chi connectivity index (χ2v) is 14.7. The maximum atomic E-state index is 15.7. The number of allylic oxidation sites excluding steroid dienone is 1. The van der Waals surface area contributed by atoms with Gasteiger partial charge in [-0.1, -0.05) is 63.2 Å². The van der Waals surface area contributed by atoms with Gasteiger partial charge in [0.2, 0.25) is 23.1 Å². The monoisotopic (exact) mass is 653 g/mol. The predicted molar refractivity (Wildman–Crippen MR) is 196 cm³/mol. The Morgan fingerprint density at radius 3 is 2.34 bits per heavy atom. The third-order valence-corrected chi connectivity index (χ3v) is 10.8. The zero-order chi connectivity index (χ0) is 34.3. The van der Waals surface area contributed by atoms with Gasteiger partial charge in [0.05, 0.1) is 28.7 Å². The molecule has 0 aliphatic carbocycles. The van der Waals surface area contributed by atoms with Crippen LogP contribution >= 0.6 is 0 Å². The van der Waals surface area contributed by atoms with E-state index in [0.717, 1.165) is 46.2 Å². The maximum absolute atomic E-state index is 15.7. The van der Waals surface area contributed by atoms with Gasteiger partial charge < -0.3 is 4.42 Å². The van der Waals surface area contributed by atoms with Gasteiger partial charge in [-0.15, -0.1) is 0 Å². The van der Waals surface area contributed by atoms with Crippen molar-refractivity contribution in [1.29, 1.82) is 5.26 Å². The Kier molecular flexibility index (Phi) is 6.70. The van der Waals surface area contributed by atoms with Crippen LogP contribution in [0.3, 0.4) is 0 Å². The summed E-state index contributed by atoms with van der Waals surface area (Å²) in [5, 5.41) is 11.1. The normalized spacial score (nSPS) is 16.7. The summed E-state index contributed by atoms with van der Waals surface area (Å²) in [6.07, 6.45) is 6.19. The van der Waals surface area contributed by atoms with Crippen molar-refractivity contribution in [2.45, 2.75) is 51.0 Å². The number of pyridine rings is 2. The van der Waals surface area contributed by atoms with E-state index >= 15 is 4.39 Å². The predicted octanol–water partition coefficient (Wildman–Crippen LogP) is 10.2. The van der Waals surface area contributed by atoms with Gasteiger partial charge in [0, 0.05) is 40.1 Å². The number of nitriles is 1. The van der Waals surface area contributed by atoms with Crippen LogP contribution in [0.25, 0.3) is 61.3 Å². The molecule has 0 saturated heterocycles. The fourth-order valence-electron chi connectivity index (χ4n) is 8.28. The lowest BCUT2D eigenvalue weighted by molar-refractivity contribution is -0.727. The standard InChI is InChI=1S/C45H36FN3O/c1-27-42-34(32-9-5-6-10-33(32)38-23-18-31(26-49(38)42)45(2,3)4)19-16-30-17-20-35-36-21-22-37(46)40(29-14-12-28(25-47)13-15-29)43(36)50-44(35)41(30)39-11-7-8-24-48(27)39/h5-15,17-18,20-24,26,34,42H,1,16,19H2,2-4H3/q+2. The highest BCUT2D eigenvalue weighted by atomic mass is 19.1. The summed E-state index contributed by atoms with van der Waals surface area (Å²) in [5.74, 6) is -0.182. The van der Waals surface area contributed by atoms with E-state index in [9.17, 15) is 5.26 Å². The van der Waals surface area contributed by atoms with Gasteiger partial charge in [-0.25, -0.2) is 4.39 Å². The van der Waals surface area contributed by atoms with Crippen LogP contribution < -0.4 is 9.13 Å². The first-order valence-corrected chi connectivity index (χ1v) is 17.3. The molecule has 2 aliphatic heterocycles. The molecule has 242 valence electrons.